The molecule has 7 nitrogen and oxygen atoms in total. The molecule has 0 saturated heterocycles. The summed E-state index contributed by atoms with van der Waals surface area (Å²) in [6.45, 7) is 2.81. The number of nitrogens with two attached hydrogens (primary N) is 1. The van der Waals surface area contributed by atoms with Crippen molar-refractivity contribution in [3.63, 3.8) is 0 Å². The van der Waals surface area contributed by atoms with Gasteiger partial charge in [0.1, 0.15) is 11.5 Å². The number of rotatable bonds is 5. The van der Waals surface area contributed by atoms with Gasteiger partial charge >= 0.3 is 5.69 Å². The van der Waals surface area contributed by atoms with Gasteiger partial charge in [0.05, 0.1) is 12.5 Å². The maximum Gasteiger partial charge on any atom is 0.332 e. The number of nitrogens with one attached hydrogen (secondary N) is 1. The van der Waals surface area contributed by atoms with E-state index in [1.165, 1.54) is 11.6 Å². The average Bonchev–Trinajstić information content (AvgIpc) is 2.94. The Hall–Kier alpha value is -2.44. The van der Waals surface area contributed by atoms with E-state index in [1.54, 1.807) is 18.6 Å². The average molecular weight is 278 g/mol. The van der Waals surface area contributed by atoms with Crippen LogP contribution in [0.5, 0.6) is 0 Å². The predicted octanol–water partition coefficient (Wildman–Crippen LogP) is 0.744. The van der Waals surface area contributed by atoms with E-state index in [1.807, 2.05) is 6.92 Å². The molecule has 0 atom stereocenters. The van der Waals surface area contributed by atoms with Gasteiger partial charge in [-0.1, -0.05) is 6.92 Å². The van der Waals surface area contributed by atoms with Crippen molar-refractivity contribution in [1.82, 2.24) is 9.13 Å². The monoisotopic (exact) mass is 278 g/mol. The zero-order chi connectivity index (χ0) is 14.7. The van der Waals surface area contributed by atoms with Crippen molar-refractivity contribution in [3.8, 4) is 0 Å². The maximum atomic E-state index is 12.1. The minimum atomic E-state index is -0.427. The van der Waals surface area contributed by atoms with E-state index < -0.39 is 11.2 Å². The third-order valence-corrected chi connectivity index (χ3v) is 3.08. The molecule has 7 heteroatoms. The minimum absolute atomic E-state index is 0.170. The van der Waals surface area contributed by atoms with E-state index >= 15 is 0 Å². The standard InChI is InChI=1S/C13H18N4O3/c1-3-5-17-11(14)10(12(18)16(2)13(17)19)15-7-9-4-6-20-8-9/h4,6,8,15H,3,5,7,14H2,1-2H3. The fourth-order valence-electron chi connectivity index (χ4n) is 1.97. The molecule has 3 N–H and O–H groups in total. The molecule has 108 valence electrons. The van der Waals surface area contributed by atoms with Crippen molar-refractivity contribution in [2.45, 2.75) is 26.4 Å². The lowest BCUT2D eigenvalue weighted by Crippen LogP contribution is -2.40. The van der Waals surface area contributed by atoms with Crippen LogP contribution in [0.2, 0.25) is 0 Å². The van der Waals surface area contributed by atoms with E-state index in [0.717, 1.165) is 16.6 Å². The van der Waals surface area contributed by atoms with Crippen LogP contribution >= 0.6 is 0 Å². The highest BCUT2D eigenvalue weighted by atomic mass is 16.3. The van der Waals surface area contributed by atoms with Crippen LogP contribution < -0.4 is 22.3 Å². The first-order valence-corrected chi connectivity index (χ1v) is 6.40. The summed E-state index contributed by atoms with van der Waals surface area (Å²) < 4.78 is 7.42. The molecule has 0 unspecified atom stereocenters. The SMILES string of the molecule is CCCn1c(N)c(NCc2ccoc2)c(=O)n(C)c1=O. The number of furan rings is 1. The van der Waals surface area contributed by atoms with Gasteiger partial charge in [-0.05, 0) is 12.5 Å². The lowest BCUT2D eigenvalue weighted by molar-refractivity contribution is 0.564. The molecule has 0 bridgehead atoms. The molecule has 20 heavy (non-hydrogen) atoms. The molecular formula is C13H18N4O3. The van der Waals surface area contributed by atoms with Crippen molar-refractivity contribution < 1.29 is 4.42 Å². The Morgan fingerprint density at radius 1 is 1.40 bits per heavy atom. The van der Waals surface area contributed by atoms with Gasteiger partial charge in [-0.15, -0.1) is 0 Å². The van der Waals surface area contributed by atoms with Crippen molar-refractivity contribution in [2.75, 3.05) is 11.1 Å². The summed E-state index contributed by atoms with van der Waals surface area (Å²) in [6.07, 6.45) is 3.88. The van der Waals surface area contributed by atoms with E-state index in [9.17, 15) is 9.59 Å². The molecule has 2 heterocycles. The lowest BCUT2D eigenvalue weighted by Gasteiger charge is -2.15. The number of anilines is 2. The smallest absolute Gasteiger partial charge is 0.332 e. The normalized spacial score (nSPS) is 10.7. The molecule has 0 amide bonds. The molecule has 2 rings (SSSR count). The molecular weight excluding hydrogens is 260 g/mol. The summed E-state index contributed by atoms with van der Waals surface area (Å²) in [6, 6.07) is 1.79. The van der Waals surface area contributed by atoms with Crippen molar-refractivity contribution in [2.24, 2.45) is 7.05 Å². The van der Waals surface area contributed by atoms with Gasteiger partial charge in [0.2, 0.25) is 0 Å². The summed E-state index contributed by atoms with van der Waals surface area (Å²) in [5.74, 6) is 0.170. The first-order chi connectivity index (χ1) is 9.56. The van der Waals surface area contributed by atoms with Crippen molar-refractivity contribution >= 4 is 11.5 Å². The summed E-state index contributed by atoms with van der Waals surface area (Å²) in [5.41, 5.74) is 6.24. The zero-order valence-corrected chi connectivity index (χ0v) is 11.5. The second-order valence-electron chi connectivity index (χ2n) is 4.54. The largest absolute Gasteiger partial charge is 0.472 e. The first kappa shape index (κ1) is 14.0. The topological polar surface area (TPSA) is 95.2 Å². The van der Waals surface area contributed by atoms with E-state index in [-0.39, 0.29) is 11.5 Å². The summed E-state index contributed by atoms with van der Waals surface area (Å²) >= 11 is 0. The zero-order valence-electron chi connectivity index (χ0n) is 11.5. The van der Waals surface area contributed by atoms with Crippen LogP contribution in [0.15, 0.2) is 32.6 Å². The molecule has 0 aromatic carbocycles. The highest BCUT2D eigenvalue weighted by Gasteiger charge is 2.14. The third-order valence-electron chi connectivity index (χ3n) is 3.08. The van der Waals surface area contributed by atoms with Crippen LogP contribution in [0.3, 0.4) is 0 Å². The Kier molecular flexibility index (Phi) is 3.97. The molecule has 2 aromatic heterocycles. The Morgan fingerprint density at radius 3 is 2.75 bits per heavy atom. The van der Waals surface area contributed by atoms with Crippen LogP contribution in [-0.4, -0.2) is 9.13 Å². The van der Waals surface area contributed by atoms with Crippen LogP contribution in [0.4, 0.5) is 11.5 Å². The summed E-state index contributed by atoms with van der Waals surface area (Å²) in [4.78, 5) is 24.1. The summed E-state index contributed by atoms with van der Waals surface area (Å²) in [7, 11) is 1.44. The van der Waals surface area contributed by atoms with Gasteiger partial charge in [0.15, 0.2) is 0 Å². The molecule has 0 aliphatic carbocycles. The third kappa shape index (κ3) is 2.47. The molecule has 0 radical (unpaired) electrons. The Balaban J connectivity index is 2.41. The summed E-state index contributed by atoms with van der Waals surface area (Å²) in [5, 5.41) is 2.97. The maximum absolute atomic E-state index is 12.1. The fourth-order valence-corrected chi connectivity index (χ4v) is 1.97. The van der Waals surface area contributed by atoms with Gasteiger partial charge in [0, 0.05) is 25.7 Å². The fraction of sp³-hybridized carbons (Fsp3) is 0.385. The van der Waals surface area contributed by atoms with E-state index in [2.05, 4.69) is 5.32 Å². The van der Waals surface area contributed by atoms with Gasteiger partial charge in [-0.2, -0.15) is 0 Å². The first-order valence-electron chi connectivity index (χ1n) is 6.40. The Labute approximate surface area is 115 Å². The number of nitrogen functional groups attached to an aromatic ring is 1. The quantitative estimate of drug-likeness (QED) is 0.841. The molecule has 0 saturated carbocycles. The van der Waals surface area contributed by atoms with Gasteiger partial charge in [-0.25, -0.2) is 4.79 Å². The molecule has 0 spiro atoms. The van der Waals surface area contributed by atoms with E-state index in [4.69, 9.17) is 10.2 Å². The Bertz CT molecular complexity index is 698. The minimum Gasteiger partial charge on any atom is -0.472 e. The van der Waals surface area contributed by atoms with Gasteiger partial charge in [0.25, 0.3) is 5.56 Å². The molecule has 2 aromatic rings. The number of hydrogen-bond acceptors (Lipinski definition) is 5. The van der Waals surface area contributed by atoms with Crippen LogP contribution in [-0.2, 0) is 20.1 Å². The number of hydrogen-bond donors (Lipinski definition) is 2. The Morgan fingerprint density at radius 2 is 2.15 bits per heavy atom. The van der Waals surface area contributed by atoms with Gasteiger partial charge < -0.3 is 15.5 Å². The highest BCUT2D eigenvalue weighted by molar-refractivity contribution is 5.60. The van der Waals surface area contributed by atoms with Crippen molar-refractivity contribution in [1.29, 1.82) is 0 Å². The van der Waals surface area contributed by atoms with Crippen LogP contribution in [0, 0.1) is 0 Å². The van der Waals surface area contributed by atoms with Crippen molar-refractivity contribution in [3.05, 3.63) is 45.0 Å². The second kappa shape index (κ2) is 5.68. The number of nitrogens with zero attached hydrogens (tertiary/aromatic N) is 2. The highest BCUT2D eigenvalue weighted by Crippen LogP contribution is 2.13. The second-order valence-corrected chi connectivity index (χ2v) is 4.54. The molecule has 0 fully saturated rings. The van der Waals surface area contributed by atoms with Crippen LogP contribution in [0.25, 0.3) is 0 Å². The number of aromatic nitrogens is 2. The lowest BCUT2D eigenvalue weighted by atomic mass is 10.3. The predicted molar refractivity (Wildman–Crippen MR) is 76.7 cm³/mol. The van der Waals surface area contributed by atoms with Crippen LogP contribution in [0.1, 0.15) is 18.9 Å². The van der Waals surface area contributed by atoms with Gasteiger partial charge in [-0.3, -0.25) is 13.9 Å². The van der Waals surface area contributed by atoms with E-state index in [0.29, 0.717) is 13.1 Å². The molecule has 0 aliphatic rings. The molecule has 0 aliphatic heterocycles.